The second kappa shape index (κ2) is 7.57. The van der Waals surface area contributed by atoms with Crippen molar-refractivity contribution >= 4 is 5.91 Å². The van der Waals surface area contributed by atoms with Crippen molar-refractivity contribution in [2.24, 2.45) is 0 Å². The number of hydrogen-bond acceptors (Lipinski definition) is 3. The quantitative estimate of drug-likeness (QED) is 0.895. The van der Waals surface area contributed by atoms with Crippen molar-refractivity contribution in [3.63, 3.8) is 0 Å². The summed E-state index contributed by atoms with van der Waals surface area (Å²) in [6.45, 7) is 11.8. The Bertz CT molecular complexity index is 467. The Balaban J connectivity index is 1.83. The molecule has 1 aliphatic rings. The summed E-state index contributed by atoms with van der Waals surface area (Å²) in [4.78, 5) is 16.6. The van der Waals surface area contributed by atoms with Crippen molar-refractivity contribution in [2.45, 2.75) is 33.4 Å². The van der Waals surface area contributed by atoms with Gasteiger partial charge in [-0.1, -0.05) is 24.3 Å². The van der Waals surface area contributed by atoms with Crippen molar-refractivity contribution < 1.29 is 4.79 Å². The molecule has 0 radical (unpaired) electrons. The fraction of sp³-hybridized carbons (Fsp3) is 0.588. The van der Waals surface area contributed by atoms with Gasteiger partial charge in [-0.25, -0.2) is 0 Å². The number of likely N-dealkylation sites (N-methyl/N-ethyl adjacent to an activating group) is 1. The second-order valence-corrected chi connectivity index (χ2v) is 5.81. The Kier molecular flexibility index (Phi) is 5.76. The molecule has 1 amide bonds. The normalized spacial score (nSPS) is 18.4. The molecule has 1 N–H and O–H groups in total. The van der Waals surface area contributed by atoms with E-state index in [1.54, 1.807) is 0 Å². The molecule has 1 aromatic rings. The van der Waals surface area contributed by atoms with Gasteiger partial charge in [-0.15, -0.1) is 0 Å². The lowest BCUT2D eigenvalue weighted by molar-refractivity contribution is -0.126. The summed E-state index contributed by atoms with van der Waals surface area (Å²) in [5.41, 5.74) is 2.76. The van der Waals surface area contributed by atoms with Gasteiger partial charge in [0, 0.05) is 39.3 Å². The first kappa shape index (κ1) is 16.0. The molecule has 0 unspecified atom stereocenters. The third-order valence-electron chi connectivity index (χ3n) is 4.34. The Morgan fingerprint density at radius 1 is 1.24 bits per heavy atom. The molecule has 1 saturated heterocycles. The van der Waals surface area contributed by atoms with Crippen LogP contribution in [0.1, 0.15) is 25.0 Å². The second-order valence-electron chi connectivity index (χ2n) is 5.81. The van der Waals surface area contributed by atoms with Gasteiger partial charge in [0.05, 0.1) is 6.04 Å². The van der Waals surface area contributed by atoms with Gasteiger partial charge in [0.15, 0.2) is 0 Å². The maximum atomic E-state index is 11.9. The van der Waals surface area contributed by atoms with Gasteiger partial charge in [-0.2, -0.15) is 0 Å². The van der Waals surface area contributed by atoms with Crippen molar-refractivity contribution in [3.8, 4) is 0 Å². The highest BCUT2D eigenvalue weighted by atomic mass is 16.2. The lowest BCUT2D eigenvalue weighted by atomic mass is 10.1. The smallest absolute Gasteiger partial charge is 0.237 e. The lowest BCUT2D eigenvalue weighted by Crippen LogP contribution is -2.53. The van der Waals surface area contributed by atoms with E-state index in [1.807, 2.05) is 13.8 Å². The number of rotatable bonds is 5. The molecule has 1 atom stereocenters. The number of carbonyl (C=O) groups excluding carboxylic acids is 1. The number of aryl methyl sites for hydroxylation is 1. The molecule has 0 saturated carbocycles. The Morgan fingerprint density at radius 3 is 2.52 bits per heavy atom. The number of nitrogens with one attached hydrogen (secondary N) is 1. The Morgan fingerprint density at radius 2 is 1.90 bits per heavy atom. The molecule has 4 nitrogen and oxygen atoms in total. The van der Waals surface area contributed by atoms with Crippen LogP contribution in [0.3, 0.4) is 0 Å². The number of piperazine rings is 1. The first-order valence-corrected chi connectivity index (χ1v) is 7.90. The summed E-state index contributed by atoms with van der Waals surface area (Å²) in [5.74, 6) is 0.143. The van der Waals surface area contributed by atoms with Crippen LogP contribution in [0.4, 0.5) is 0 Å². The summed E-state index contributed by atoms with van der Waals surface area (Å²) in [6.07, 6.45) is 0. The summed E-state index contributed by atoms with van der Waals surface area (Å²) in [6, 6.07) is 8.55. The number of benzene rings is 1. The van der Waals surface area contributed by atoms with E-state index >= 15 is 0 Å². The van der Waals surface area contributed by atoms with E-state index in [4.69, 9.17) is 0 Å². The SMILES string of the molecule is CCNC(=O)[C@@H](C)N1CCN(Cc2ccccc2C)CC1. The van der Waals surface area contributed by atoms with Crippen LogP contribution in [-0.4, -0.2) is 54.5 Å². The van der Waals surface area contributed by atoms with E-state index in [2.05, 4.69) is 46.3 Å². The summed E-state index contributed by atoms with van der Waals surface area (Å²) in [5, 5.41) is 2.91. The highest BCUT2D eigenvalue weighted by molar-refractivity contribution is 5.81. The zero-order valence-electron chi connectivity index (χ0n) is 13.4. The molecule has 1 aliphatic heterocycles. The van der Waals surface area contributed by atoms with Crippen LogP contribution < -0.4 is 5.32 Å². The maximum Gasteiger partial charge on any atom is 0.237 e. The molecule has 116 valence electrons. The average Bonchev–Trinajstić information content (AvgIpc) is 2.50. The molecular weight excluding hydrogens is 262 g/mol. The first-order valence-electron chi connectivity index (χ1n) is 7.90. The molecule has 2 rings (SSSR count). The third-order valence-corrected chi connectivity index (χ3v) is 4.34. The van der Waals surface area contributed by atoms with Gasteiger partial charge < -0.3 is 5.32 Å². The zero-order chi connectivity index (χ0) is 15.2. The van der Waals surface area contributed by atoms with E-state index in [9.17, 15) is 4.79 Å². The van der Waals surface area contributed by atoms with Crippen molar-refractivity contribution in [3.05, 3.63) is 35.4 Å². The Hall–Kier alpha value is -1.39. The van der Waals surface area contributed by atoms with Crippen molar-refractivity contribution in [2.75, 3.05) is 32.7 Å². The highest BCUT2D eigenvalue weighted by Gasteiger charge is 2.25. The van der Waals surface area contributed by atoms with Gasteiger partial charge in [0.25, 0.3) is 0 Å². The standard InChI is InChI=1S/C17H27N3O/c1-4-18-17(21)15(3)20-11-9-19(10-12-20)13-16-8-6-5-7-14(16)2/h5-8,15H,4,9-13H2,1-3H3,(H,18,21)/t15-/m1/s1. The molecule has 0 aliphatic carbocycles. The van der Waals surface area contributed by atoms with E-state index in [-0.39, 0.29) is 11.9 Å². The van der Waals surface area contributed by atoms with Gasteiger partial charge in [-0.3, -0.25) is 14.6 Å². The number of carbonyl (C=O) groups is 1. The van der Waals surface area contributed by atoms with Gasteiger partial charge in [0.1, 0.15) is 0 Å². The predicted octanol–water partition coefficient (Wildman–Crippen LogP) is 1.64. The number of nitrogens with zero attached hydrogens (tertiary/aromatic N) is 2. The monoisotopic (exact) mass is 289 g/mol. The molecule has 0 bridgehead atoms. The summed E-state index contributed by atoms with van der Waals surface area (Å²) >= 11 is 0. The minimum atomic E-state index is -0.0226. The minimum absolute atomic E-state index is 0.0226. The summed E-state index contributed by atoms with van der Waals surface area (Å²) in [7, 11) is 0. The number of hydrogen-bond donors (Lipinski definition) is 1. The molecule has 1 heterocycles. The molecule has 0 aromatic heterocycles. The van der Waals surface area contributed by atoms with E-state index in [1.165, 1.54) is 11.1 Å². The van der Waals surface area contributed by atoms with Gasteiger partial charge >= 0.3 is 0 Å². The molecule has 1 aromatic carbocycles. The van der Waals surface area contributed by atoms with Crippen LogP contribution in [0.25, 0.3) is 0 Å². The van der Waals surface area contributed by atoms with Crippen molar-refractivity contribution in [1.29, 1.82) is 0 Å². The van der Waals surface area contributed by atoms with Gasteiger partial charge in [0.2, 0.25) is 5.91 Å². The van der Waals surface area contributed by atoms with Crippen LogP contribution in [0.2, 0.25) is 0 Å². The fourth-order valence-corrected chi connectivity index (χ4v) is 2.82. The predicted molar refractivity (Wildman–Crippen MR) is 86.2 cm³/mol. The van der Waals surface area contributed by atoms with E-state index < -0.39 is 0 Å². The van der Waals surface area contributed by atoms with Gasteiger partial charge in [-0.05, 0) is 31.9 Å². The van der Waals surface area contributed by atoms with Crippen LogP contribution >= 0.6 is 0 Å². The highest BCUT2D eigenvalue weighted by Crippen LogP contribution is 2.13. The molecule has 1 fully saturated rings. The van der Waals surface area contributed by atoms with Crippen LogP contribution in [0, 0.1) is 6.92 Å². The van der Waals surface area contributed by atoms with Crippen molar-refractivity contribution in [1.82, 2.24) is 15.1 Å². The molecule has 21 heavy (non-hydrogen) atoms. The minimum Gasteiger partial charge on any atom is -0.355 e. The average molecular weight is 289 g/mol. The zero-order valence-corrected chi connectivity index (χ0v) is 13.4. The molecule has 0 spiro atoms. The van der Waals surface area contributed by atoms with E-state index in [0.717, 1.165) is 32.7 Å². The van der Waals surface area contributed by atoms with Crippen LogP contribution in [-0.2, 0) is 11.3 Å². The molecular formula is C17H27N3O. The summed E-state index contributed by atoms with van der Waals surface area (Å²) < 4.78 is 0. The lowest BCUT2D eigenvalue weighted by Gasteiger charge is -2.37. The first-order chi connectivity index (χ1) is 10.1. The topological polar surface area (TPSA) is 35.6 Å². The van der Waals surface area contributed by atoms with Crippen LogP contribution in [0.5, 0.6) is 0 Å². The van der Waals surface area contributed by atoms with E-state index in [0.29, 0.717) is 6.54 Å². The van der Waals surface area contributed by atoms with Crippen LogP contribution in [0.15, 0.2) is 24.3 Å². The largest absolute Gasteiger partial charge is 0.355 e. The maximum absolute atomic E-state index is 11.9. The Labute approximate surface area is 128 Å². The third kappa shape index (κ3) is 4.29. The molecule has 4 heteroatoms. The fourth-order valence-electron chi connectivity index (χ4n) is 2.82. The number of amides is 1.